The van der Waals surface area contributed by atoms with Gasteiger partial charge in [0.05, 0.1) is 7.11 Å². The smallest absolute Gasteiger partial charge is 0.508 e. The largest absolute Gasteiger partial charge is 0.573 e. The summed E-state index contributed by atoms with van der Waals surface area (Å²) in [5, 5.41) is 9.46. The molecule has 0 unspecified atom stereocenters. The lowest BCUT2D eigenvalue weighted by atomic mass is 10.0. The third-order valence-electron chi connectivity index (χ3n) is 2.61. The minimum atomic E-state index is -4.88. The van der Waals surface area contributed by atoms with E-state index in [0.29, 0.717) is 0 Å². The maximum Gasteiger partial charge on any atom is 0.573 e. The summed E-state index contributed by atoms with van der Waals surface area (Å²) in [6, 6.07) is 6.94. The monoisotopic (exact) mass is 302 g/mol. The van der Waals surface area contributed by atoms with Crippen LogP contribution in [0, 0.1) is 5.82 Å². The molecular formula is C14H10F4O3. The van der Waals surface area contributed by atoms with Gasteiger partial charge in [0.25, 0.3) is 0 Å². The average Bonchev–Trinajstić information content (AvgIpc) is 2.35. The van der Waals surface area contributed by atoms with Gasteiger partial charge in [-0.3, -0.25) is 0 Å². The zero-order valence-electron chi connectivity index (χ0n) is 10.7. The van der Waals surface area contributed by atoms with Crippen molar-refractivity contribution in [3.8, 4) is 28.4 Å². The molecule has 0 spiro atoms. The molecule has 3 nitrogen and oxygen atoms in total. The minimum absolute atomic E-state index is 0.00525. The van der Waals surface area contributed by atoms with Crippen LogP contribution >= 0.6 is 0 Å². The molecule has 2 aromatic rings. The third kappa shape index (κ3) is 3.77. The van der Waals surface area contributed by atoms with Gasteiger partial charge in [-0.2, -0.15) is 0 Å². The molecule has 21 heavy (non-hydrogen) atoms. The average molecular weight is 302 g/mol. The number of ether oxygens (including phenoxy) is 2. The van der Waals surface area contributed by atoms with Crippen LogP contribution in [0.4, 0.5) is 17.6 Å². The number of alkyl halides is 3. The molecule has 7 heteroatoms. The van der Waals surface area contributed by atoms with E-state index in [2.05, 4.69) is 4.74 Å². The summed E-state index contributed by atoms with van der Waals surface area (Å²) >= 11 is 0. The molecule has 0 saturated heterocycles. The van der Waals surface area contributed by atoms with Gasteiger partial charge in [0.2, 0.25) is 0 Å². The number of benzene rings is 2. The Labute approximate surface area is 117 Å². The predicted octanol–water partition coefficient (Wildman–Crippen LogP) is 4.11. The highest BCUT2D eigenvalue weighted by atomic mass is 19.4. The van der Waals surface area contributed by atoms with Gasteiger partial charge in [-0.1, -0.05) is 6.07 Å². The SMILES string of the molecule is COc1ccc(-c2cc(O)cc(OC(F)(F)F)c2)cc1F. The normalized spacial score (nSPS) is 11.3. The summed E-state index contributed by atoms with van der Waals surface area (Å²) in [4.78, 5) is 0. The van der Waals surface area contributed by atoms with Crippen LogP contribution in [-0.2, 0) is 0 Å². The fourth-order valence-corrected chi connectivity index (χ4v) is 1.79. The highest BCUT2D eigenvalue weighted by Gasteiger charge is 2.31. The van der Waals surface area contributed by atoms with Crippen LogP contribution in [0.2, 0.25) is 0 Å². The van der Waals surface area contributed by atoms with Gasteiger partial charge in [-0.05, 0) is 35.4 Å². The lowest BCUT2D eigenvalue weighted by Gasteiger charge is -2.11. The molecule has 0 bridgehead atoms. The van der Waals surface area contributed by atoms with E-state index in [0.717, 1.165) is 18.2 Å². The Kier molecular flexibility index (Phi) is 3.93. The quantitative estimate of drug-likeness (QED) is 0.867. The lowest BCUT2D eigenvalue weighted by Crippen LogP contribution is -2.17. The van der Waals surface area contributed by atoms with Gasteiger partial charge in [-0.25, -0.2) is 4.39 Å². The molecule has 2 aromatic carbocycles. The first-order valence-electron chi connectivity index (χ1n) is 5.72. The second kappa shape index (κ2) is 5.51. The van der Waals surface area contributed by atoms with Crippen molar-refractivity contribution in [1.82, 2.24) is 0 Å². The second-order valence-electron chi connectivity index (χ2n) is 4.11. The van der Waals surface area contributed by atoms with Crippen LogP contribution in [0.25, 0.3) is 11.1 Å². The first-order valence-corrected chi connectivity index (χ1v) is 5.72. The van der Waals surface area contributed by atoms with E-state index in [-0.39, 0.29) is 16.9 Å². The van der Waals surface area contributed by atoms with Crippen molar-refractivity contribution < 1.29 is 32.1 Å². The van der Waals surface area contributed by atoms with E-state index < -0.39 is 23.7 Å². The molecule has 0 heterocycles. The Morgan fingerprint density at radius 1 is 1.00 bits per heavy atom. The van der Waals surface area contributed by atoms with Crippen molar-refractivity contribution in [2.75, 3.05) is 7.11 Å². The van der Waals surface area contributed by atoms with E-state index in [1.165, 1.54) is 25.3 Å². The van der Waals surface area contributed by atoms with Crippen LogP contribution in [0.15, 0.2) is 36.4 Å². The zero-order chi connectivity index (χ0) is 15.6. The number of hydrogen-bond acceptors (Lipinski definition) is 3. The minimum Gasteiger partial charge on any atom is -0.508 e. The number of phenolic OH excluding ortho intramolecular Hbond substituents is 1. The van der Waals surface area contributed by atoms with Crippen molar-refractivity contribution in [2.45, 2.75) is 6.36 Å². The molecule has 0 fully saturated rings. The van der Waals surface area contributed by atoms with Crippen molar-refractivity contribution in [3.63, 3.8) is 0 Å². The summed E-state index contributed by atoms with van der Waals surface area (Å²) < 4.78 is 58.7. The van der Waals surface area contributed by atoms with E-state index in [4.69, 9.17) is 4.74 Å². The van der Waals surface area contributed by atoms with Crippen molar-refractivity contribution in [2.24, 2.45) is 0 Å². The molecule has 0 aliphatic rings. The van der Waals surface area contributed by atoms with Crippen LogP contribution in [0.1, 0.15) is 0 Å². The Bertz CT molecular complexity index is 653. The summed E-state index contributed by atoms with van der Waals surface area (Å²) in [6.45, 7) is 0. The summed E-state index contributed by atoms with van der Waals surface area (Å²) in [6.07, 6.45) is -4.88. The molecule has 0 amide bonds. The Balaban J connectivity index is 2.42. The van der Waals surface area contributed by atoms with Crippen LogP contribution in [-0.4, -0.2) is 18.6 Å². The summed E-state index contributed by atoms with van der Waals surface area (Å²) in [5.74, 6) is -1.68. The molecule has 0 saturated carbocycles. The Morgan fingerprint density at radius 2 is 1.71 bits per heavy atom. The molecule has 0 aromatic heterocycles. The zero-order valence-corrected chi connectivity index (χ0v) is 10.7. The van der Waals surface area contributed by atoms with Crippen LogP contribution < -0.4 is 9.47 Å². The highest BCUT2D eigenvalue weighted by Crippen LogP contribution is 2.33. The fraction of sp³-hybridized carbons (Fsp3) is 0.143. The first-order chi connectivity index (χ1) is 9.78. The van der Waals surface area contributed by atoms with Crippen molar-refractivity contribution in [1.29, 1.82) is 0 Å². The second-order valence-corrected chi connectivity index (χ2v) is 4.11. The number of halogens is 4. The molecule has 1 N–H and O–H groups in total. The first kappa shape index (κ1) is 15.0. The Morgan fingerprint density at radius 3 is 2.29 bits per heavy atom. The standard InChI is InChI=1S/C14H10F4O3/c1-20-13-3-2-8(6-12(13)15)9-4-10(19)7-11(5-9)21-14(16,17)18/h2-7,19H,1H3. The number of aromatic hydroxyl groups is 1. The van der Waals surface area contributed by atoms with Gasteiger partial charge in [-0.15, -0.1) is 13.2 Å². The van der Waals surface area contributed by atoms with Gasteiger partial charge >= 0.3 is 6.36 Å². The van der Waals surface area contributed by atoms with Crippen molar-refractivity contribution >= 4 is 0 Å². The molecule has 0 radical (unpaired) electrons. The fourth-order valence-electron chi connectivity index (χ4n) is 1.79. The van der Waals surface area contributed by atoms with Gasteiger partial charge in [0.15, 0.2) is 11.6 Å². The molecule has 0 aliphatic heterocycles. The predicted molar refractivity (Wildman–Crippen MR) is 66.7 cm³/mol. The Hall–Kier alpha value is -2.44. The van der Waals surface area contributed by atoms with Gasteiger partial charge in [0.1, 0.15) is 11.5 Å². The maximum atomic E-state index is 13.6. The molecule has 0 atom stereocenters. The summed E-state index contributed by atoms with van der Waals surface area (Å²) in [7, 11) is 1.29. The third-order valence-corrected chi connectivity index (χ3v) is 2.61. The van der Waals surface area contributed by atoms with Gasteiger partial charge < -0.3 is 14.6 Å². The topological polar surface area (TPSA) is 38.7 Å². The number of rotatable bonds is 3. The summed E-state index contributed by atoms with van der Waals surface area (Å²) in [5.41, 5.74) is 0.451. The van der Waals surface area contributed by atoms with E-state index in [1.807, 2.05) is 0 Å². The van der Waals surface area contributed by atoms with E-state index in [9.17, 15) is 22.7 Å². The van der Waals surface area contributed by atoms with E-state index in [1.54, 1.807) is 0 Å². The van der Waals surface area contributed by atoms with E-state index >= 15 is 0 Å². The molecule has 112 valence electrons. The number of phenols is 1. The van der Waals surface area contributed by atoms with Crippen LogP contribution in [0.3, 0.4) is 0 Å². The highest BCUT2D eigenvalue weighted by molar-refractivity contribution is 5.68. The lowest BCUT2D eigenvalue weighted by molar-refractivity contribution is -0.274. The molecule has 2 rings (SSSR count). The van der Waals surface area contributed by atoms with Crippen LogP contribution in [0.5, 0.6) is 17.2 Å². The molecule has 0 aliphatic carbocycles. The van der Waals surface area contributed by atoms with Crippen molar-refractivity contribution in [3.05, 3.63) is 42.2 Å². The maximum absolute atomic E-state index is 13.6. The number of methoxy groups -OCH3 is 1. The molecular weight excluding hydrogens is 292 g/mol. The number of hydrogen-bond donors (Lipinski definition) is 1. The van der Waals surface area contributed by atoms with Gasteiger partial charge in [0, 0.05) is 6.07 Å².